The molecule has 3 aliphatic rings. The third-order valence-corrected chi connectivity index (χ3v) is 10.9. The van der Waals surface area contributed by atoms with E-state index in [1.54, 1.807) is 7.05 Å². The summed E-state index contributed by atoms with van der Waals surface area (Å²) < 4.78 is 10.4. The summed E-state index contributed by atoms with van der Waals surface area (Å²) in [5, 5.41) is 25.6. The van der Waals surface area contributed by atoms with Gasteiger partial charge in [-0.3, -0.25) is 4.79 Å². The summed E-state index contributed by atoms with van der Waals surface area (Å²) in [7, 11) is 2.99. The van der Waals surface area contributed by atoms with Crippen molar-refractivity contribution in [2.45, 2.75) is 112 Å². The van der Waals surface area contributed by atoms with Crippen LogP contribution < -0.4 is 5.32 Å². The molecule has 210 valence electrons. The van der Waals surface area contributed by atoms with Gasteiger partial charge in [0.1, 0.15) is 6.10 Å². The van der Waals surface area contributed by atoms with Gasteiger partial charge >= 0.3 is 12.1 Å². The molecule has 0 radical (unpaired) electrons. The monoisotopic (exact) mass is 511 g/mol. The van der Waals surface area contributed by atoms with Crippen LogP contribution in [0.4, 0.5) is 4.79 Å². The lowest BCUT2D eigenvalue weighted by atomic mass is 9.42. The quantitative estimate of drug-likeness (QED) is 0.425. The lowest BCUT2D eigenvalue weighted by molar-refractivity contribution is -0.215. The Labute approximate surface area is 219 Å². The van der Waals surface area contributed by atoms with Crippen LogP contribution in [0.15, 0.2) is 0 Å². The van der Waals surface area contributed by atoms with Crippen LogP contribution in [0.2, 0.25) is 0 Å². The van der Waals surface area contributed by atoms with E-state index in [4.69, 9.17) is 9.47 Å². The highest BCUT2D eigenvalue weighted by atomic mass is 16.6. The molecule has 0 aromatic heterocycles. The van der Waals surface area contributed by atoms with E-state index in [9.17, 15) is 19.8 Å². The smallest absolute Gasteiger partial charge is 0.407 e. The standard InChI is InChI=1S/C27H47NO6.C2H6/c1-15(8-9-23(31)33-7)16(2)27(5)17(3)24-20(14-22(27)30)26(4)11-10-19(34-25(32)28-6)12-18(26)13-21(24)29;1-2/h15-22,24,29-30H,8-14H2,1-7H3,(H,28,32);1-2H3/t15-,16-,17?,18+,19-,20+,21-,22+,24+,26+,27-;/m1./s1. The van der Waals surface area contributed by atoms with Crippen LogP contribution in [0, 0.1) is 46.3 Å². The Hall–Kier alpha value is -1.34. The molecule has 36 heavy (non-hydrogen) atoms. The Morgan fingerprint density at radius 3 is 2.33 bits per heavy atom. The van der Waals surface area contributed by atoms with E-state index in [1.807, 2.05) is 13.8 Å². The Balaban J connectivity index is 0.00000222. The molecule has 3 N–H and O–H groups in total. The topological polar surface area (TPSA) is 105 Å². The first-order valence-electron chi connectivity index (χ1n) is 14.2. The molecule has 0 aromatic carbocycles. The van der Waals surface area contributed by atoms with Gasteiger partial charge in [-0.25, -0.2) is 4.79 Å². The molecule has 3 aliphatic carbocycles. The zero-order chi connectivity index (χ0) is 27.4. The Morgan fingerprint density at radius 1 is 1.11 bits per heavy atom. The van der Waals surface area contributed by atoms with E-state index in [0.29, 0.717) is 19.3 Å². The second-order valence-electron chi connectivity index (χ2n) is 12.0. The molecule has 0 heterocycles. The van der Waals surface area contributed by atoms with Crippen molar-refractivity contribution < 1.29 is 29.3 Å². The third-order valence-electron chi connectivity index (χ3n) is 10.9. The van der Waals surface area contributed by atoms with Crippen LogP contribution in [0.3, 0.4) is 0 Å². The van der Waals surface area contributed by atoms with Gasteiger partial charge in [-0.15, -0.1) is 0 Å². The number of ether oxygens (including phenoxy) is 2. The zero-order valence-electron chi connectivity index (χ0n) is 24.2. The molecule has 0 aliphatic heterocycles. The Bertz CT molecular complexity index is 745. The van der Waals surface area contributed by atoms with Crippen LogP contribution in [0.1, 0.15) is 93.4 Å². The minimum Gasteiger partial charge on any atom is -0.469 e. The number of nitrogens with one attached hydrogen (secondary N) is 1. The number of rotatable bonds is 6. The van der Waals surface area contributed by atoms with E-state index >= 15 is 0 Å². The predicted molar refractivity (Wildman–Crippen MR) is 141 cm³/mol. The van der Waals surface area contributed by atoms with Crippen molar-refractivity contribution >= 4 is 12.1 Å². The summed E-state index contributed by atoms with van der Waals surface area (Å²) in [6, 6.07) is 0. The fraction of sp³-hybridized carbons (Fsp3) is 0.931. The van der Waals surface area contributed by atoms with Gasteiger partial charge in [-0.1, -0.05) is 48.5 Å². The van der Waals surface area contributed by atoms with Gasteiger partial charge in [0.2, 0.25) is 0 Å². The number of carbonyl (C=O) groups is 2. The summed E-state index contributed by atoms with van der Waals surface area (Å²) in [6.07, 6.45) is 3.64. The zero-order valence-corrected chi connectivity index (χ0v) is 24.2. The van der Waals surface area contributed by atoms with Gasteiger partial charge in [-0.2, -0.15) is 0 Å². The maximum absolute atomic E-state index is 11.7. The van der Waals surface area contributed by atoms with Crippen LogP contribution in [0.25, 0.3) is 0 Å². The molecular formula is C29H53NO6. The number of hydrogen-bond donors (Lipinski definition) is 3. The number of fused-ring (bicyclic) bond motifs is 3. The third kappa shape index (κ3) is 5.72. The summed E-state index contributed by atoms with van der Waals surface area (Å²) >= 11 is 0. The average molecular weight is 512 g/mol. The highest BCUT2D eigenvalue weighted by Crippen LogP contribution is 2.64. The molecular weight excluding hydrogens is 458 g/mol. The second kappa shape index (κ2) is 12.5. The van der Waals surface area contributed by atoms with E-state index < -0.39 is 18.3 Å². The lowest BCUT2D eigenvalue weighted by Gasteiger charge is -2.64. The molecule has 0 aromatic rings. The highest BCUT2D eigenvalue weighted by Gasteiger charge is 2.62. The predicted octanol–water partition coefficient (Wildman–Crippen LogP) is 5.17. The molecule has 0 bridgehead atoms. The van der Waals surface area contributed by atoms with E-state index in [-0.39, 0.29) is 58.4 Å². The minimum atomic E-state index is -0.470. The number of methoxy groups -OCH3 is 1. The van der Waals surface area contributed by atoms with Crippen molar-refractivity contribution in [3.05, 3.63) is 0 Å². The maximum atomic E-state index is 11.7. The number of esters is 1. The Kier molecular flexibility index (Phi) is 10.7. The molecule has 11 atom stereocenters. The summed E-state index contributed by atoms with van der Waals surface area (Å²) in [4.78, 5) is 23.4. The summed E-state index contributed by atoms with van der Waals surface area (Å²) in [5.41, 5.74) is -0.330. The molecule has 3 saturated carbocycles. The second-order valence-corrected chi connectivity index (χ2v) is 12.0. The summed E-state index contributed by atoms with van der Waals surface area (Å²) in [5.74, 6) is 1.02. The first kappa shape index (κ1) is 30.9. The van der Waals surface area contributed by atoms with Gasteiger partial charge < -0.3 is 25.0 Å². The maximum Gasteiger partial charge on any atom is 0.407 e. The molecule has 0 saturated heterocycles. The molecule has 0 spiro atoms. The highest BCUT2D eigenvalue weighted by molar-refractivity contribution is 5.69. The van der Waals surface area contributed by atoms with Crippen molar-refractivity contribution in [2.75, 3.05) is 14.2 Å². The molecule has 3 rings (SSSR count). The van der Waals surface area contributed by atoms with Crippen molar-refractivity contribution in [3.8, 4) is 0 Å². The first-order valence-corrected chi connectivity index (χ1v) is 14.2. The molecule has 1 amide bonds. The number of amides is 1. The lowest BCUT2D eigenvalue weighted by Crippen LogP contribution is -2.63. The molecule has 7 nitrogen and oxygen atoms in total. The van der Waals surface area contributed by atoms with Gasteiger partial charge in [-0.05, 0) is 84.9 Å². The van der Waals surface area contributed by atoms with Crippen molar-refractivity contribution in [1.82, 2.24) is 5.32 Å². The van der Waals surface area contributed by atoms with Crippen LogP contribution in [0.5, 0.6) is 0 Å². The van der Waals surface area contributed by atoms with E-state index in [2.05, 4.69) is 39.9 Å². The van der Waals surface area contributed by atoms with Crippen LogP contribution in [-0.4, -0.2) is 54.7 Å². The number of alkyl carbamates (subject to hydrolysis) is 1. The largest absolute Gasteiger partial charge is 0.469 e. The first-order chi connectivity index (χ1) is 16.9. The number of carbonyl (C=O) groups excluding carboxylic acids is 2. The Morgan fingerprint density at radius 2 is 1.75 bits per heavy atom. The van der Waals surface area contributed by atoms with Crippen molar-refractivity contribution in [1.29, 1.82) is 0 Å². The van der Waals surface area contributed by atoms with Gasteiger partial charge in [0.05, 0.1) is 19.3 Å². The van der Waals surface area contributed by atoms with Crippen LogP contribution in [-0.2, 0) is 14.3 Å². The number of aliphatic hydroxyl groups excluding tert-OH is 2. The normalized spacial score (nSPS) is 41.4. The average Bonchev–Trinajstić information content (AvgIpc) is 2.87. The summed E-state index contributed by atoms with van der Waals surface area (Å²) in [6.45, 7) is 15.1. The van der Waals surface area contributed by atoms with Gasteiger partial charge in [0, 0.05) is 13.5 Å². The fourth-order valence-electron chi connectivity index (χ4n) is 8.06. The molecule has 1 unspecified atom stereocenters. The van der Waals surface area contributed by atoms with Gasteiger partial charge in [0.15, 0.2) is 0 Å². The van der Waals surface area contributed by atoms with Crippen molar-refractivity contribution in [3.63, 3.8) is 0 Å². The van der Waals surface area contributed by atoms with Crippen LogP contribution >= 0.6 is 0 Å². The van der Waals surface area contributed by atoms with E-state index in [1.165, 1.54) is 7.11 Å². The van der Waals surface area contributed by atoms with Gasteiger partial charge in [0.25, 0.3) is 0 Å². The van der Waals surface area contributed by atoms with E-state index in [0.717, 1.165) is 25.7 Å². The molecule has 3 fully saturated rings. The number of aliphatic hydroxyl groups is 2. The fourth-order valence-corrected chi connectivity index (χ4v) is 8.06. The molecule has 7 heteroatoms. The van der Waals surface area contributed by atoms with Crippen molar-refractivity contribution in [2.24, 2.45) is 46.3 Å². The number of hydrogen-bond acceptors (Lipinski definition) is 6. The SMILES string of the molecule is CC.CNC(=O)O[C@@H]1CC[C@@]2(C)[C@@H](C1)C[C@@H](O)[C@H]1C(C)[C@@](C)([C@H](C)[C@H](C)CCC(=O)OC)[C@@H](O)C[C@@H]12. The minimum absolute atomic E-state index is 0.0166.